The number of rotatable bonds is 5. The lowest BCUT2D eigenvalue weighted by atomic mass is 10.2. The predicted molar refractivity (Wildman–Crippen MR) is 73.4 cm³/mol. The number of hydrogen-bond acceptors (Lipinski definition) is 2. The van der Waals surface area contributed by atoms with Gasteiger partial charge in [-0.3, -0.25) is 0 Å². The van der Waals surface area contributed by atoms with Crippen LogP contribution >= 0.6 is 11.6 Å². The molecule has 0 radical (unpaired) electrons. The van der Waals surface area contributed by atoms with E-state index in [-0.39, 0.29) is 0 Å². The summed E-state index contributed by atoms with van der Waals surface area (Å²) in [4.78, 5) is 0. The Hall–Kier alpha value is -1.67. The van der Waals surface area contributed by atoms with E-state index in [1.165, 1.54) is 0 Å². The molecule has 3 heteroatoms. The molecule has 2 nitrogen and oxygen atoms in total. The molecule has 0 bridgehead atoms. The second-order valence-electron chi connectivity index (χ2n) is 3.82. The molecule has 0 saturated carbocycles. The van der Waals surface area contributed by atoms with Crippen molar-refractivity contribution in [1.29, 1.82) is 0 Å². The molecule has 0 aromatic heterocycles. The van der Waals surface area contributed by atoms with E-state index in [0.29, 0.717) is 13.2 Å². The van der Waals surface area contributed by atoms with Crippen molar-refractivity contribution in [1.82, 2.24) is 0 Å². The molecule has 0 spiro atoms. The number of halogens is 1. The van der Waals surface area contributed by atoms with Gasteiger partial charge in [-0.15, -0.1) is 0 Å². The van der Waals surface area contributed by atoms with Gasteiger partial charge in [-0.1, -0.05) is 29.8 Å². The number of benzene rings is 2. The van der Waals surface area contributed by atoms with Crippen LogP contribution in [-0.2, 0) is 6.61 Å². The van der Waals surface area contributed by atoms with Gasteiger partial charge in [0.05, 0.1) is 6.61 Å². The third-order valence-corrected chi connectivity index (χ3v) is 2.69. The zero-order valence-electron chi connectivity index (χ0n) is 10.2. The molecule has 0 heterocycles. The molecule has 0 aliphatic rings. The Morgan fingerprint density at radius 2 is 1.61 bits per heavy atom. The fourth-order valence-electron chi connectivity index (χ4n) is 1.57. The van der Waals surface area contributed by atoms with Gasteiger partial charge in [-0.25, -0.2) is 0 Å². The van der Waals surface area contributed by atoms with Crippen LogP contribution in [0.15, 0.2) is 48.5 Å². The Kier molecular flexibility index (Phi) is 4.48. The van der Waals surface area contributed by atoms with Crippen molar-refractivity contribution in [2.24, 2.45) is 0 Å². The molecule has 0 N–H and O–H groups in total. The van der Waals surface area contributed by atoms with Crippen LogP contribution in [0.5, 0.6) is 11.5 Å². The average molecular weight is 263 g/mol. The van der Waals surface area contributed by atoms with Gasteiger partial charge >= 0.3 is 0 Å². The van der Waals surface area contributed by atoms with Crippen molar-refractivity contribution < 1.29 is 9.47 Å². The molecule has 0 aliphatic heterocycles. The molecule has 94 valence electrons. The molecular formula is C15H15ClO2. The minimum Gasteiger partial charge on any atom is -0.494 e. The van der Waals surface area contributed by atoms with E-state index in [9.17, 15) is 0 Å². The van der Waals surface area contributed by atoms with Crippen LogP contribution < -0.4 is 9.47 Å². The topological polar surface area (TPSA) is 18.5 Å². The fraction of sp³-hybridized carbons (Fsp3) is 0.200. The minimum atomic E-state index is 0.521. The van der Waals surface area contributed by atoms with Crippen LogP contribution in [0.1, 0.15) is 12.5 Å². The molecule has 2 rings (SSSR count). The summed E-state index contributed by atoms with van der Waals surface area (Å²) in [6, 6.07) is 15.3. The maximum atomic E-state index is 5.83. The van der Waals surface area contributed by atoms with Gasteiger partial charge in [-0.05, 0) is 36.8 Å². The van der Waals surface area contributed by atoms with E-state index in [1.807, 2.05) is 55.5 Å². The lowest BCUT2D eigenvalue weighted by molar-refractivity contribution is 0.299. The first-order valence-corrected chi connectivity index (χ1v) is 6.26. The molecule has 0 amide bonds. The maximum absolute atomic E-state index is 5.83. The first kappa shape index (κ1) is 12.8. The summed E-state index contributed by atoms with van der Waals surface area (Å²) in [5.41, 5.74) is 1.08. The van der Waals surface area contributed by atoms with Crippen molar-refractivity contribution in [3.05, 3.63) is 59.1 Å². The van der Waals surface area contributed by atoms with Crippen LogP contribution in [0.4, 0.5) is 0 Å². The van der Waals surface area contributed by atoms with Crippen LogP contribution in [0, 0.1) is 0 Å². The third kappa shape index (κ3) is 3.67. The van der Waals surface area contributed by atoms with E-state index < -0.39 is 0 Å². The van der Waals surface area contributed by atoms with E-state index in [1.54, 1.807) is 0 Å². The van der Waals surface area contributed by atoms with E-state index in [2.05, 4.69) is 0 Å². The number of hydrogen-bond donors (Lipinski definition) is 0. The Morgan fingerprint density at radius 1 is 0.944 bits per heavy atom. The highest BCUT2D eigenvalue weighted by molar-refractivity contribution is 6.30. The highest BCUT2D eigenvalue weighted by Crippen LogP contribution is 2.20. The number of ether oxygens (including phenoxy) is 2. The van der Waals surface area contributed by atoms with Crippen molar-refractivity contribution in [3.8, 4) is 11.5 Å². The molecule has 0 atom stereocenters. The Balaban J connectivity index is 1.97. The zero-order chi connectivity index (χ0) is 12.8. The smallest absolute Gasteiger partial charge is 0.123 e. The van der Waals surface area contributed by atoms with Crippen LogP contribution in [0.25, 0.3) is 0 Å². The van der Waals surface area contributed by atoms with E-state index >= 15 is 0 Å². The summed E-state index contributed by atoms with van der Waals surface area (Å²) in [5, 5.41) is 0.733. The standard InChI is InChI=1S/C15H15ClO2/c1-2-17-14-4-3-5-15(10-14)18-11-12-6-8-13(16)9-7-12/h3-10H,2,11H2,1H3. The lowest BCUT2D eigenvalue weighted by Gasteiger charge is -2.08. The Labute approximate surface area is 112 Å². The van der Waals surface area contributed by atoms with Gasteiger partial charge in [0.25, 0.3) is 0 Å². The predicted octanol–water partition coefficient (Wildman–Crippen LogP) is 4.32. The lowest BCUT2D eigenvalue weighted by Crippen LogP contribution is -1.96. The monoisotopic (exact) mass is 262 g/mol. The Morgan fingerprint density at radius 3 is 2.28 bits per heavy atom. The average Bonchev–Trinajstić information content (AvgIpc) is 2.39. The summed E-state index contributed by atoms with van der Waals surface area (Å²) >= 11 is 5.83. The fourth-order valence-corrected chi connectivity index (χ4v) is 1.69. The summed E-state index contributed by atoms with van der Waals surface area (Å²) in [5.74, 6) is 1.63. The molecular weight excluding hydrogens is 248 g/mol. The van der Waals surface area contributed by atoms with Gasteiger partial charge in [-0.2, -0.15) is 0 Å². The third-order valence-electron chi connectivity index (χ3n) is 2.44. The molecule has 2 aromatic carbocycles. The van der Waals surface area contributed by atoms with Crippen molar-refractivity contribution in [2.75, 3.05) is 6.61 Å². The Bertz CT molecular complexity index is 494. The van der Waals surface area contributed by atoms with Gasteiger partial charge in [0, 0.05) is 11.1 Å². The van der Waals surface area contributed by atoms with Crippen molar-refractivity contribution in [2.45, 2.75) is 13.5 Å². The van der Waals surface area contributed by atoms with E-state index in [4.69, 9.17) is 21.1 Å². The maximum Gasteiger partial charge on any atom is 0.123 e. The molecule has 0 unspecified atom stereocenters. The summed E-state index contributed by atoms with van der Waals surface area (Å²) < 4.78 is 11.1. The second kappa shape index (κ2) is 6.31. The van der Waals surface area contributed by atoms with Gasteiger partial charge in [0.2, 0.25) is 0 Å². The minimum absolute atomic E-state index is 0.521. The van der Waals surface area contributed by atoms with E-state index in [0.717, 1.165) is 22.1 Å². The molecule has 0 saturated heterocycles. The van der Waals surface area contributed by atoms with Gasteiger partial charge in [0.15, 0.2) is 0 Å². The summed E-state index contributed by atoms with van der Waals surface area (Å²) in [6.07, 6.45) is 0. The van der Waals surface area contributed by atoms with Crippen LogP contribution in [-0.4, -0.2) is 6.61 Å². The second-order valence-corrected chi connectivity index (χ2v) is 4.26. The van der Waals surface area contributed by atoms with Gasteiger partial charge in [0.1, 0.15) is 18.1 Å². The zero-order valence-corrected chi connectivity index (χ0v) is 11.0. The normalized spacial score (nSPS) is 10.1. The highest BCUT2D eigenvalue weighted by Gasteiger charge is 1.98. The van der Waals surface area contributed by atoms with Crippen molar-refractivity contribution in [3.63, 3.8) is 0 Å². The molecule has 18 heavy (non-hydrogen) atoms. The quantitative estimate of drug-likeness (QED) is 0.799. The SMILES string of the molecule is CCOc1cccc(OCc2ccc(Cl)cc2)c1. The largest absolute Gasteiger partial charge is 0.494 e. The highest BCUT2D eigenvalue weighted by atomic mass is 35.5. The summed E-state index contributed by atoms with van der Waals surface area (Å²) in [7, 11) is 0. The first-order valence-electron chi connectivity index (χ1n) is 5.88. The van der Waals surface area contributed by atoms with Crippen LogP contribution in [0.3, 0.4) is 0 Å². The first-order chi connectivity index (χ1) is 8.78. The van der Waals surface area contributed by atoms with Crippen LogP contribution in [0.2, 0.25) is 5.02 Å². The molecule has 0 fully saturated rings. The molecule has 2 aromatic rings. The molecule has 0 aliphatic carbocycles. The summed E-state index contributed by atoms with van der Waals surface area (Å²) in [6.45, 7) is 3.13. The van der Waals surface area contributed by atoms with Crippen molar-refractivity contribution >= 4 is 11.6 Å². The van der Waals surface area contributed by atoms with Gasteiger partial charge < -0.3 is 9.47 Å².